The van der Waals surface area contributed by atoms with E-state index in [9.17, 15) is 67.5 Å². The summed E-state index contributed by atoms with van der Waals surface area (Å²) in [6.07, 6.45) is -7.10. The van der Waals surface area contributed by atoms with Gasteiger partial charge in [0.25, 0.3) is 0 Å². The van der Waals surface area contributed by atoms with Crippen LogP contribution in [0.2, 0.25) is 0 Å². The molecule has 2 aromatic rings. The highest BCUT2D eigenvalue weighted by Crippen LogP contribution is 2.61. The number of phosphoric acid groups is 3. The number of carbonyl (C=O) groups excluding carboxylic acids is 3. The van der Waals surface area contributed by atoms with Crippen LogP contribution in [-0.2, 0) is 60.3 Å². The number of aromatic nitrogens is 4. The maximum atomic E-state index is 12.6. The monoisotopic (exact) mass is 956 g/mol. The number of phosphoric ester groups is 3. The van der Waals surface area contributed by atoms with Crippen molar-refractivity contribution in [3.8, 4) is 0 Å². The number of carbonyl (C=O) groups is 5. The van der Waals surface area contributed by atoms with Crippen LogP contribution in [0.3, 0.4) is 0 Å². The van der Waals surface area contributed by atoms with Gasteiger partial charge in [0.05, 0.1) is 19.5 Å². The number of thioether (sulfide) groups is 1. The number of rotatable bonds is 23. The summed E-state index contributed by atoms with van der Waals surface area (Å²) in [5.41, 5.74) is 9.26. The summed E-state index contributed by atoms with van der Waals surface area (Å²) in [6, 6.07) is -1.06. The minimum absolute atomic E-state index is 0.0231. The third kappa shape index (κ3) is 18.4. The number of nitrogen functional groups attached to an aromatic ring is 1. The number of nitrogens with zero attached hydrogens (tertiary/aromatic N) is 4. The normalized spacial score (nSPS) is 21.0. The Hall–Kier alpha value is -3.54. The summed E-state index contributed by atoms with van der Waals surface area (Å²) in [5.74, 6) is -3.28. The molecular weight excluding hydrogens is 909 g/mol. The van der Waals surface area contributed by atoms with Gasteiger partial charge in [-0.25, -0.2) is 28.6 Å². The smallest absolute Gasteiger partial charge is 0.481 e. The average molecular weight is 957 g/mol. The molecule has 3 rings (SSSR count). The molecule has 346 valence electrons. The number of aliphatic hydroxyl groups excluding tert-OH is 2. The molecule has 0 saturated carbocycles. The van der Waals surface area contributed by atoms with E-state index >= 15 is 0 Å². The van der Waals surface area contributed by atoms with E-state index in [1.165, 1.54) is 20.8 Å². The Kier molecular flexibility index (Phi) is 20.4. The van der Waals surface area contributed by atoms with Crippen LogP contribution in [0.15, 0.2) is 12.7 Å². The molecule has 0 aliphatic carbocycles. The molecule has 0 aromatic carbocycles. The standard InChI is InChI=1S/C23H38N7O17P3S.C5H9NO4/c1-12(31)51-7-6-25-14(32)4-5-26-21(35)18(34)23(2,3)9-44-50(41,42)47-49(39,40)43-8-13-17(46-48(36,37)38)16(33)22(45-13)30-11-29-15-19(24)27-10-28-20(15)30;6-3(5(9)10)1-2-4(7)8/h10-11,13,16-18,22,33-34H,4-9H2,1-3H3,(H,25,32)(H,26,35)(H,39,40)(H,41,42)(H2,24,27,28)(H2,36,37,38);3H,1-2,6H2,(H,7,8)(H,9,10)/t13-,16-,17-,18+,22-;3-/m10/s1. The zero-order valence-corrected chi connectivity index (χ0v) is 35.9. The average Bonchev–Trinajstić information content (AvgIpc) is 3.70. The highest BCUT2D eigenvalue weighted by atomic mass is 32.2. The number of amides is 2. The molecule has 0 spiro atoms. The van der Waals surface area contributed by atoms with E-state index < -0.39 is 103 Å². The SMILES string of the molecule is CC(=O)SCCNC(=O)CCNC(=O)[C@H](O)C(C)(C)COP(=O)(O)OP(=O)(O)OC[C@H]1O[C@@H](n2cnc3c(N)ncnc32)[C@H](O)[C@@H]1OP(=O)(O)O.N[C@@H](CCC(=O)O)C(=O)O. The largest absolute Gasteiger partial charge is 0.481 e. The highest BCUT2D eigenvalue weighted by molar-refractivity contribution is 8.13. The lowest BCUT2D eigenvalue weighted by Gasteiger charge is -2.30. The van der Waals surface area contributed by atoms with Crippen molar-refractivity contribution in [2.24, 2.45) is 11.1 Å². The van der Waals surface area contributed by atoms with Crippen molar-refractivity contribution in [3.05, 3.63) is 12.7 Å². The maximum Gasteiger partial charge on any atom is 0.481 e. The zero-order chi connectivity index (χ0) is 46.5. The summed E-state index contributed by atoms with van der Waals surface area (Å²) in [6.45, 7) is 1.90. The van der Waals surface area contributed by atoms with Crippen LogP contribution in [0.4, 0.5) is 5.82 Å². The number of nitrogens with one attached hydrogen (secondary N) is 2. The third-order valence-electron chi connectivity index (χ3n) is 7.79. The fourth-order valence-corrected chi connectivity index (χ4v) is 8.05. The van der Waals surface area contributed by atoms with Crippen molar-refractivity contribution in [1.82, 2.24) is 30.2 Å². The molecule has 1 saturated heterocycles. The number of hydrogen-bond donors (Lipinski definition) is 12. The van der Waals surface area contributed by atoms with E-state index in [-0.39, 0.29) is 54.4 Å². The van der Waals surface area contributed by atoms with Gasteiger partial charge in [0.1, 0.15) is 42.3 Å². The van der Waals surface area contributed by atoms with Crippen LogP contribution in [-0.4, -0.2) is 151 Å². The van der Waals surface area contributed by atoms with Gasteiger partial charge in [0.15, 0.2) is 22.8 Å². The molecule has 2 unspecified atom stereocenters. The van der Waals surface area contributed by atoms with Gasteiger partial charge in [-0.1, -0.05) is 25.6 Å². The maximum absolute atomic E-state index is 12.6. The quantitative estimate of drug-likeness (QED) is 0.0421. The number of carboxylic acid groups (broad SMARTS) is 2. The predicted molar refractivity (Wildman–Crippen MR) is 205 cm³/mol. The van der Waals surface area contributed by atoms with E-state index in [2.05, 4.69) is 34.4 Å². The van der Waals surface area contributed by atoms with E-state index in [1.54, 1.807) is 0 Å². The molecule has 2 amide bonds. The lowest BCUT2D eigenvalue weighted by molar-refractivity contribution is -0.140. The van der Waals surface area contributed by atoms with E-state index in [0.717, 1.165) is 29.0 Å². The molecule has 61 heavy (non-hydrogen) atoms. The summed E-state index contributed by atoms with van der Waals surface area (Å²) >= 11 is 1.03. The Morgan fingerprint density at radius 2 is 1.64 bits per heavy atom. The van der Waals surface area contributed by atoms with Gasteiger partial charge < -0.3 is 66.8 Å². The van der Waals surface area contributed by atoms with Gasteiger partial charge >= 0.3 is 35.4 Å². The number of anilines is 1. The number of aliphatic carboxylic acids is 2. The van der Waals surface area contributed by atoms with Gasteiger partial charge in [0.2, 0.25) is 11.8 Å². The number of ether oxygens (including phenoxy) is 1. The lowest BCUT2D eigenvalue weighted by atomic mass is 9.87. The molecular formula is C28H47N8O21P3S. The molecule has 29 nitrogen and oxygen atoms in total. The van der Waals surface area contributed by atoms with E-state index in [1.807, 2.05) is 0 Å². The van der Waals surface area contributed by atoms with Crippen molar-refractivity contribution in [2.75, 3.05) is 37.8 Å². The van der Waals surface area contributed by atoms with Crippen molar-refractivity contribution in [2.45, 2.75) is 76.7 Å². The predicted octanol–water partition coefficient (Wildman–Crippen LogP) is -2.05. The topological polar surface area (TPSA) is 464 Å². The number of aliphatic hydroxyl groups is 2. The molecule has 1 aliphatic heterocycles. The molecule has 8 atom stereocenters. The first kappa shape index (κ1) is 53.6. The minimum Gasteiger partial charge on any atom is -0.481 e. The van der Waals surface area contributed by atoms with Gasteiger partial charge in [-0.2, -0.15) is 4.31 Å². The first-order valence-corrected chi connectivity index (χ1v) is 22.8. The molecule has 2 aromatic heterocycles. The highest BCUT2D eigenvalue weighted by Gasteiger charge is 2.50. The fourth-order valence-electron chi connectivity index (χ4n) is 4.73. The Morgan fingerprint density at radius 1 is 1.00 bits per heavy atom. The first-order chi connectivity index (χ1) is 28.1. The summed E-state index contributed by atoms with van der Waals surface area (Å²) in [4.78, 5) is 106. The number of nitrogens with two attached hydrogens (primary N) is 2. The van der Waals surface area contributed by atoms with E-state index in [4.69, 9.17) is 35.5 Å². The van der Waals surface area contributed by atoms with Gasteiger partial charge in [-0.15, -0.1) is 0 Å². The Balaban J connectivity index is 0.00000113. The molecule has 0 radical (unpaired) electrons. The molecule has 33 heteroatoms. The number of carboxylic acids is 2. The number of hydrogen-bond acceptors (Lipinski definition) is 21. The Morgan fingerprint density at radius 3 is 2.23 bits per heavy atom. The molecule has 1 aliphatic rings. The summed E-state index contributed by atoms with van der Waals surface area (Å²) < 4.78 is 61.8. The Labute approximate surface area is 349 Å². The van der Waals surface area contributed by atoms with Crippen molar-refractivity contribution in [3.63, 3.8) is 0 Å². The minimum atomic E-state index is -5.56. The van der Waals surface area contributed by atoms with Crippen LogP contribution < -0.4 is 22.1 Å². The fraction of sp³-hybridized carbons (Fsp3) is 0.643. The molecule has 3 heterocycles. The lowest BCUT2D eigenvalue weighted by Crippen LogP contribution is -2.46. The van der Waals surface area contributed by atoms with Crippen LogP contribution in [0.5, 0.6) is 0 Å². The van der Waals surface area contributed by atoms with E-state index in [0.29, 0.717) is 5.75 Å². The Bertz CT molecular complexity index is 2000. The summed E-state index contributed by atoms with van der Waals surface area (Å²) in [7, 11) is -16.4. The molecule has 1 fully saturated rings. The second-order valence-corrected chi connectivity index (χ2v) is 18.8. The third-order valence-corrected chi connectivity index (χ3v) is 11.7. The van der Waals surface area contributed by atoms with Crippen LogP contribution in [0.25, 0.3) is 11.2 Å². The summed E-state index contributed by atoms with van der Waals surface area (Å²) in [5, 5.41) is 42.3. The molecule has 14 N–H and O–H groups in total. The van der Waals surface area contributed by atoms with Crippen molar-refractivity contribution >= 4 is 81.1 Å². The molecule has 0 bridgehead atoms. The second kappa shape index (κ2) is 23.2. The van der Waals surface area contributed by atoms with Crippen LogP contribution in [0.1, 0.15) is 46.3 Å². The second-order valence-electron chi connectivity index (χ2n) is 13.3. The van der Waals surface area contributed by atoms with Crippen LogP contribution >= 0.6 is 35.2 Å². The number of fused-ring (bicyclic) bond motifs is 1. The van der Waals surface area contributed by atoms with Gasteiger partial charge in [-0.05, 0) is 6.42 Å². The van der Waals surface area contributed by atoms with Gasteiger partial charge in [-0.3, -0.25) is 42.1 Å². The number of imidazole rings is 1. The zero-order valence-electron chi connectivity index (χ0n) is 32.4. The van der Waals surface area contributed by atoms with Crippen LogP contribution in [0, 0.1) is 5.41 Å². The van der Waals surface area contributed by atoms with Gasteiger partial charge in [0, 0.05) is 44.0 Å². The first-order valence-electron chi connectivity index (χ1n) is 17.3. The van der Waals surface area contributed by atoms with Crippen molar-refractivity contribution in [1.29, 1.82) is 0 Å². The van der Waals surface area contributed by atoms with Crippen molar-refractivity contribution < 1.29 is 100 Å².